The van der Waals surface area contributed by atoms with Crippen LogP contribution in [0.15, 0.2) is 18.3 Å². The van der Waals surface area contributed by atoms with Crippen molar-refractivity contribution in [2.75, 3.05) is 6.54 Å². The van der Waals surface area contributed by atoms with E-state index in [0.29, 0.717) is 6.04 Å². The van der Waals surface area contributed by atoms with E-state index in [2.05, 4.69) is 50.1 Å². The molecule has 2 nitrogen and oxygen atoms in total. The van der Waals surface area contributed by atoms with Gasteiger partial charge in [-0.25, -0.2) is 0 Å². The van der Waals surface area contributed by atoms with Crippen LogP contribution in [0.2, 0.25) is 0 Å². The SMILES string of the molecule is CCCCC(CC)CC(NCCC)c1cccnc1C. The Morgan fingerprint density at radius 3 is 2.60 bits per heavy atom. The number of rotatable bonds is 10. The lowest BCUT2D eigenvalue weighted by molar-refractivity contribution is 0.352. The molecule has 0 saturated heterocycles. The van der Waals surface area contributed by atoms with Gasteiger partial charge in [-0.1, -0.05) is 52.5 Å². The smallest absolute Gasteiger partial charge is 0.0420 e. The third kappa shape index (κ3) is 5.62. The second-order valence-corrected chi connectivity index (χ2v) is 5.84. The van der Waals surface area contributed by atoms with E-state index in [9.17, 15) is 0 Å². The van der Waals surface area contributed by atoms with Crippen LogP contribution >= 0.6 is 0 Å². The summed E-state index contributed by atoms with van der Waals surface area (Å²) in [6, 6.07) is 4.77. The number of pyridine rings is 1. The first kappa shape index (κ1) is 17.2. The minimum absolute atomic E-state index is 0.463. The molecular weight excluding hydrogens is 244 g/mol. The van der Waals surface area contributed by atoms with Gasteiger partial charge in [-0.3, -0.25) is 4.98 Å². The number of hydrogen-bond acceptors (Lipinski definition) is 2. The second kappa shape index (κ2) is 9.93. The van der Waals surface area contributed by atoms with Crippen LogP contribution in [0.4, 0.5) is 0 Å². The van der Waals surface area contributed by atoms with Gasteiger partial charge in [0.1, 0.15) is 0 Å². The van der Waals surface area contributed by atoms with Crippen molar-refractivity contribution >= 4 is 0 Å². The van der Waals surface area contributed by atoms with E-state index in [-0.39, 0.29) is 0 Å². The molecular formula is C18H32N2. The van der Waals surface area contributed by atoms with Gasteiger partial charge in [0.05, 0.1) is 0 Å². The monoisotopic (exact) mass is 276 g/mol. The van der Waals surface area contributed by atoms with E-state index in [1.54, 1.807) is 0 Å². The van der Waals surface area contributed by atoms with Crippen LogP contribution in [0.1, 0.15) is 76.6 Å². The van der Waals surface area contributed by atoms with Crippen molar-refractivity contribution in [1.82, 2.24) is 10.3 Å². The van der Waals surface area contributed by atoms with Crippen LogP contribution < -0.4 is 5.32 Å². The Labute approximate surface area is 125 Å². The van der Waals surface area contributed by atoms with Crippen molar-refractivity contribution < 1.29 is 0 Å². The molecule has 0 amide bonds. The molecule has 0 bridgehead atoms. The summed E-state index contributed by atoms with van der Waals surface area (Å²) in [6.45, 7) is 10.1. The largest absolute Gasteiger partial charge is 0.310 e. The molecule has 0 aromatic carbocycles. The zero-order valence-corrected chi connectivity index (χ0v) is 13.8. The summed E-state index contributed by atoms with van der Waals surface area (Å²) >= 11 is 0. The predicted molar refractivity (Wildman–Crippen MR) is 87.9 cm³/mol. The maximum absolute atomic E-state index is 4.46. The zero-order chi connectivity index (χ0) is 14.8. The van der Waals surface area contributed by atoms with Crippen molar-refractivity contribution in [3.05, 3.63) is 29.6 Å². The third-order valence-corrected chi connectivity index (χ3v) is 4.18. The van der Waals surface area contributed by atoms with Crippen LogP contribution in [0.25, 0.3) is 0 Å². The lowest BCUT2D eigenvalue weighted by Crippen LogP contribution is -2.25. The van der Waals surface area contributed by atoms with Crippen molar-refractivity contribution in [1.29, 1.82) is 0 Å². The van der Waals surface area contributed by atoms with Gasteiger partial charge < -0.3 is 5.32 Å². The van der Waals surface area contributed by atoms with E-state index < -0.39 is 0 Å². The summed E-state index contributed by atoms with van der Waals surface area (Å²) in [6.07, 6.45) is 9.61. The zero-order valence-electron chi connectivity index (χ0n) is 13.8. The number of hydrogen-bond donors (Lipinski definition) is 1. The number of nitrogens with one attached hydrogen (secondary N) is 1. The highest BCUT2D eigenvalue weighted by atomic mass is 14.9. The van der Waals surface area contributed by atoms with Gasteiger partial charge in [0.2, 0.25) is 0 Å². The molecule has 0 fully saturated rings. The summed E-state index contributed by atoms with van der Waals surface area (Å²) < 4.78 is 0. The molecule has 1 aromatic heterocycles. The summed E-state index contributed by atoms with van der Waals surface area (Å²) in [5.74, 6) is 0.823. The third-order valence-electron chi connectivity index (χ3n) is 4.18. The fourth-order valence-corrected chi connectivity index (χ4v) is 2.82. The predicted octanol–water partition coefficient (Wildman–Crippen LogP) is 5.04. The highest BCUT2D eigenvalue weighted by Gasteiger charge is 2.18. The molecule has 1 heterocycles. The van der Waals surface area contributed by atoms with E-state index >= 15 is 0 Å². The number of unbranched alkanes of at least 4 members (excludes halogenated alkanes) is 1. The topological polar surface area (TPSA) is 24.9 Å². The van der Waals surface area contributed by atoms with E-state index in [1.165, 1.54) is 49.8 Å². The van der Waals surface area contributed by atoms with Gasteiger partial charge in [0.15, 0.2) is 0 Å². The van der Waals surface area contributed by atoms with Crippen LogP contribution in [-0.2, 0) is 0 Å². The fraction of sp³-hybridized carbons (Fsp3) is 0.722. The Balaban J connectivity index is 2.75. The summed E-state index contributed by atoms with van der Waals surface area (Å²) in [5.41, 5.74) is 2.56. The molecule has 0 aliphatic carbocycles. The molecule has 114 valence electrons. The van der Waals surface area contributed by atoms with Crippen LogP contribution in [0, 0.1) is 12.8 Å². The standard InChI is InChI=1S/C18H32N2/c1-5-8-10-16(7-3)14-18(20-12-6-2)17-11-9-13-19-15(17)4/h9,11,13,16,18,20H,5-8,10,12,14H2,1-4H3. The maximum atomic E-state index is 4.46. The molecule has 20 heavy (non-hydrogen) atoms. The van der Waals surface area contributed by atoms with Crippen molar-refractivity contribution in [2.45, 2.75) is 72.3 Å². The summed E-state index contributed by atoms with van der Waals surface area (Å²) in [4.78, 5) is 4.46. The molecule has 2 heteroatoms. The Morgan fingerprint density at radius 1 is 1.20 bits per heavy atom. The van der Waals surface area contributed by atoms with Gasteiger partial charge >= 0.3 is 0 Å². The van der Waals surface area contributed by atoms with Crippen molar-refractivity contribution in [2.24, 2.45) is 5.92 Å². The highest BCUT2D eigenvalue weighted by molar-refractivity contribution is 5.22. The molecule has 1 rings (SSSR count). The first-order valence-electron chi connectivity index (χ1n) is 8.37. The van der Waals surface area contributed by atoms with Crippen molar-refractivity contribution in [3.8, 4) is 0 Å². The van der Waals surface area contributed by atoms with Crippen LogP contribution in [-0.4, -0.2) is 11.5 Å². The molecule has 2 unspecified atom stereocenters. The minimum Gasteiger partial charge on any atom is -0.310 e. The number of nitrogens with zero attached hydrogens (tertiary/aromatic N) is 1. The normalized spacial score (nSPS) is 14.2. The van der Waals surface area contributed by atoms with Gasteiger partial charge in [-0.05, 0) is 43.9 Å². The van der Waals surface area contributed by atoms with Crippen LogP contribution in [0.3, 0.4) is 0 Å². The molecule has 0 aliphatic rings. The first-order valence-corrected chi connectivity index (χ1v) is 8.37. The molecule has 2 atom stereocenters. The van der Waals surface area contributed by atoms with Gasteiger partial charge in [-0.2, -0.15) is 0 Å². The lowest BCUT2D eigenvalue weighted by Gasteiger charge is -2.25. The lowest BCUT2D eigenvalue weighted by atomic mass is 9.88. The summed E-state index contributed by atoms with van der Waals surface area (Å²) in [5, 5.41) is 3.73. The fourth-order valence-electron chi connectivity index (χ4n) is 2.82. The maximum Gasteiger partial charge on any atom is 0.0420 e. The quantitative estimate of drug-likeness (QED) is 0.648. The molecule has 0 aliphatic heterocycles. The summed E-state index contributed by atoms with van der Waals surface area (Å²) in [7, 11) is 0. The number of aryl methyl sites for hydroxylation is 1. The van der Waals surface area contributed by atoms with Gasteiger partial charge in [-0.15, -0.1) is 0 Å². The average Bonchev–Trinajstić information content (AvgIpc) is 2.47. The van der Waals surface area contributed by atoms with Crippen LogP contribution in [0.5, 0.6) is 0 Å². The molecule has 1 N–H and O–H groups in total. The average molecular weight is 276 g/mol. The first-order chi connectivity index (χ1) is 9.72. The van der Waals surface area contributed by atoms with E-state index in [4.69, 9.17) is 0 Å². The molecule has 0 radical (unpaired) electrons. The van der Waals surface area contributed by atoms with Crippen molar-refractivity contribution in [3.63, 3.8) is 0 Å². The Morgan fingerprint density at radius 2 is 2.00 bits per heavy atom. The Hall–Kier alpha value is -0.890. The Kier molecular flexibility index (Phi) is 8.52. The van der Waals surface area contributed by atoms with Gasteiger partial charge in [0.25, 0.3) is 0 Å². The molecule has 0 spiro atoms. The minimum atomic E-state index is 0.463. The highest BCUT2D eigenvalue weighted by Crippen LogP contribution is 2.27. The number of aromatic nitrogens is 1. The van der Waals surface area contributed by atoms with Gasteiger partial charge in [0, 0.05) is 17.9 Å². The molecule has 0 saturated carbocycles. The Bertz CT molecular complexity index is 362. The second-order valence-electron chi connectivity index (χ2n) is 5.84. The molecule has 1 aromatic rings. The van der Waals surface area contributed by atoms with E-state index in [0.717, 1.165) is 12.5 Å². The van der Waals surface area contributed by atoms with E-state index in [1.807, 2.05) is 6.20 Å².